The van der Waals surface area contributed by atoms with E-state index in [0.717, 1.165) is 25.3 Å². The molecule has 2 unspecified atom stereocenters. The van der Waals surface area contributed by atoms with E-state index in [0.29, 0.717) is 6.61 Å². The van der Waals surface area contributed by atoms with Gasteiger partial charge in [-0.2, -0.15) is 0 Å². The van der Waals surface area contributed by atoms with Crippen molar-refractivity contribution in [3.8, 4) is 5.75 Å². The number of carbonyl (C=O) groups is 1. The molecule has 0 aliphatic carbocycles. The van der Waals surface area contributed by atoms with Crippen LogP contribution in [0.1, 0.15) is 31.4 Å². The molecular formula is C23H28N2O3. The van der Waals surface area contributed by atoms with Crippen molar-refractivity contribution in [2.24, 2.45) is 0 Å². The van der Waals surface area contributed by atoms with E-state index in [1.165, 1.54) is 16.8 Å². The molecule has 2 atom stereocenters. The first kappa shape index (κ1) is 18.8. The molecule has 148 valence electrons. The maximum atomic E-state index is 12.5. The fraction of sp³-hybridized carbons (Fsp3) is 0.435. The summed E-state index contributed by atoms with van der Waals surface area (Å²) in [7, 11) is 1.68. The molecule has 2 aromatic rings. The fourth-order valence-electron chi connectivity index (χ4n) is 4.40. The molecule has 0 bridgehead atoms. The first-order valence-corrected chi connectivity index (χ1v) is 9.90. The molecule has 1 spiro atoms. The molecule has 1 fully saturated rings. The van der Waals surface area contributed by atoms with Crippen LogP contribution in [0.4, 0.5) is 5.69 Å². The number of fused-ring (bicyclic) bond motifs is 2. The minimum atomic E-state index is -0.378. The van der Waals surface area contributed by atoms with Gasteiger partial charge in [-0.3, -0.25) is 4.79 Å². The number of hydrogen-bond acceptors (Lipinski definition) is 4. The second kappa shape index (κ2) is 7.47. The average Bonchev–Trinajstić information content (AvgIpc) is 3.25. The molecule has 0 saturated carbocycles. The molecular weight excluding hydrogens is 352 g/mol. The van der Waals surface area contributed by atoms with Gasteiger partial charge in [0.1, 0.15) is 11.9 Å². The molecule has 1 saturated heterocycles. The molecule has 28 heavy (non-hydrogen) atoms. The van der Waals surface area contributed by atoms with Crippen LogP contribution in [0.5, 0.6) is 5.75 Å². The molecule has 5 nitrogen and oxygen atoms in total. The quantitative estimate of drug-likeness (QED) is 0.865. The number of amides is 1. The third-order valence-electron chi connectivity index (χ3n) is 5.70. The Labute approximate surface area is 166 Å². The van der Waals surface area contributed by atoms with Gasteiger partial charge in [-0.15, -0.1) is 0 Å². The number of ether oxygens (including phenoxy) is 2. The van der Waals surface area contributed by atoms with Gasteiger partial charge in [-0.1, -0.05) is 30.3 Å². The lowest BCUT2D eigenvalue weighted by atomic mass is 9.80. The minimum absolute atomic E-state index is 0.00189. The van der Waals surface area contributed by atoms with E-state index in [1.54, 1.807) is 7.11 Å². The zero-order valence-electron chi connectivity index (χ0n) is 16.8. The number of rotatable bonds is 5. The van der Waals surface area contributed by atoms with Crippen LogP contribution in [0.2, 0.25) is 0 Å². The van der Waals surface area contributed by atoms with Crippen molar-refractivity contribution in [2.75, 3.05) is 25.2 Å². The number of carbonyl (C=O) groups excluding carboxylic acids is 1. The smallest absolute Gasteiger partial charge is 0.249 e. The predicted molar refractivity (Wildman–Crippen MR) is 110 cm³/mol. The minimum Gasteiger partial charge on any atom is -0.497 e. The number of nitrogens with one attached hydrogen (secondary N) is 1. The first-order chi connectivity index (χ1) is 13.5. The summed E-state index contributed by atoms with van der Waals surface area (Å²) in [5, 5.41) is 2.99. The monoisotopic (exact) mass is 380 g/mol. The van der Waals surface area contributed by atoms with Crippen molar-refractivity contribution in [3.05, 3.63) is 59.7 Å². The lowest BCUT2D eigenvalue weighted by molar-refractivity contribution is -0.130. The first-order valence-electron chi connectivity index (χ1n) is 9.90. The summed E-state index contributed by atoms with van der Waals surface area (Å²) in [5.74, 6) is 0.864. The maximum Gasteiger partial charge on any atom is 0.249 e. The molecule has 1 N–H and O–H groups in total. The Morgan fingerprint density at radius 2 is 2.00 bits per heavy atom. The normalized spacial score (nSPS) is 23.3. The van der Waals surface area contributed by atoms with Crippen LogP contribution in [0.15, 0.2) is 48.5 Å². The van der Waals surface area contributed by atoms with Crippen molar-refractivity contribution in [3.63, 3.8) is 0 Å². The van der Waals surface area contributed by atoms with Crippen LogP contribution in [-0.2, 0) is 21.5 Å². The number of hydrogen-bond donors (Lipinski definition) is 1. The highest BCUT2D eigenvalue weighted by Crippen LogP contribution is 2.47. The largest absolute Gasteiger partial charge is 0.497 e. The number of anilines is 1. The van der Waals surface area contributed by atoms with Crippen LogP contribution >= 0.6 is 0 Å². The Kier molecular flexibility index (Phi) is 5.02. The van der Waals surface area contributed by atoms with E-state index < -0.39 is 0 Å². The van der Waals surface area contributed by atoms with E-state index >= 15 is 0 Å². The van der Waals surface area contributed by atoms with Crippen molar-refractivity contribution in [1.29, 1.82) is 0 Å². The van der Waals surface area contributed by atoms with Gasteiger partial charge in [0.2, 0.25) is 5.91 Å². The van der Waals surface area contributed by atoms with Crippen LogP contribution in [0.25, 0.3) is 0 Å². The van der Waals surface area contributed by atoms with Crippen LogP contribution in [0, 0.1) is 0 Å². The SMILES string of the molecule is COc1ccc(CN2CC3(COC(C(=O)NC(C)C)C3)c3ccccc32)cc1. The zero-order valence-corrected chi connectivity index (χ0v) is 16.8. The highest BCUT2D eigenvalue weighted by Gasteiger charge is 2.50. The Bertz CT molecular complexity index is 849. The number of methoxy groups -OCH3 is 1. The zero-order chi connectivity index (χ0) is 19.7. The second-order valence-electron chi connectivity index (χ2n) is 8.17. The van der Waals surface area contributed by atoms with Gasteiger partial charge in [-0.05, 0) is 49.6 Å². The summed E-state index contributed by atoms with van der Waals surface area (Å²) in [6, 6.07) is 16.9. The van der Waals surface area contributed by atoms with Gasteiger partial charge in [0.05, 0.1) is 13.7 Å². The molecule has 5 heteroatoms. The Morgan fingerprint density at radius 1 is 1.25 bits per heavy atom. The number of nitrogens with zero attached hydrogens (tertiary/aromatic N) is 1. The van der Waals surface area contributed by atoms with Gasteiger partial charge in [0.25, 0.3) is 0 Å². The average molecular weight is 380 g/mol. The van der Waals surface area contributed by atoms with Crippen molar-refractivity contribution in [1.82, 2.24) is 5.32 Å². The fourth-order valence-corrected chi connectivity index (χ4v) is 4.40. The summed E-state index contributed by atoms with van der Waals surface area (Å²) >= 11 is 0. The van der Waals surface area contributed by atoms with Gasteiger partial charge in [-0.25, -0.2) is 0 Å². The maximum absolute atomic E-state index is 12.5. The van der Waals surface area contributed by atoms with Gasteiger partial charge in [0, 0.05) is 30.2 Å². The van der Waals surface area contributed by atoms with Crippen molar-refractivity contribution < 1.29 is 14.3 Å². The van der Waals surface area contributed by atoms with Gasteiger partial charge in [0.15, 0.2) is 0 Å². The number of para-hydroxylation sites is 1. The molecule has 2 aliphatic heterocycles. The third-order valence-corrected chi connectivity index (χ3v) is 5.70. The molecule has 1 amide bonds. The topological polar surface area (TPSA) is 50.8 Å². The second-order valence-corrected chi connectivity index (χ2v) is 8.17. The summed E-state index contributed by atoms with van der Waals surface area (Å²) in [5.41, 5.74) is 3.65. The number of benzene rings is 2. The summed E-state index contributed by atoms with van der Waals surface area (Å²) in [4.78, 5) is 14.9. The lowest BCUT2D eigenvalue weighted by Gasteiger charge is -2.24. The highest BCUT2D eigenvalue weighted by atomic mass is 16.5. The van der Waals surface area contributed by atoms with Crippen LogP contribution in [0.3, 0.4) is 0 Å². The summed E-state index contributed by atoms with van der Waals surface area (Å²) < 4.78 is 11.2. The van der Waals surface area contributed by atoms with E-state index in [9.17, 15) is 4.79 Å². The van der Waals surface area contributed by atoms with Crippen LogP contribution in [-0.4, -0.2) is 38.3 Å². The molecule has 0 radical (unpaired) electrons. The van der Waals surface area contributed by atoms with Crippen molar-refractivity contribution >= 4 is 11.6 Å². The van der Waals surface area contributed by atoms with Crippen LogP contribution < -0.4 is 15.0 Å². The standard InChI is InChI=1S/C23H28N2O3/c1-16(2)24-22(26)21-12-23(15-28-21)14-25(20-7-5-4-6-19(20)23)13-17-8-10-18(27-3)11-9-17/h4-11,16,21H,12-15H2,1-3H3,(H,24,26). The van der Waals surface area contributed by atoms with Gasteiger partial charge < -0.3 is 19.7 Å². The molecule has 2 heterocycles. The van der Waals surface area contributed by atoms with E-state index in [2.05, 4.69) is 46.6 Å². The van der Waals surface area contributed by atoms with Crippen molar-refractivity contribution in [2.45, 2.75) is 44.4 Å². The predicted octanol–water partition coefficient (Wildman–Crippen LogP) is 3.27. The van der Waals surface area contributed by atoms with Gasteiger partial charge >= 0.3 is 0 Å². The van der Waals surface area contributed by atoms with E-state index in [1.807, 2.05) is 26.0 Å². The molecule has 0 aromatic heterocycles. The highest BCUT2D eigenvalue weighted by molar-refractivity contribution is 5.82. The molecule has 2 aromatic carbocycles. The molecule has 4 rings (SSSR count). The summed E-state index contributed by atoms with van der Waals surface area (Å²) in [6.45, 7) is 6.23. The van der Waals surface area contributed by atoms with E-state index in [4.69, 9.17) is 9.47 Å². The Hall–Kier alpha value is -2.53. The lowest BCUT2D eigenvalue weighted by Crippen LogP contribution is -2.39. The van der Waals surface area contributed by atoms with E-state index in [-0.39, 0.29) is 23.5 Å². The Morgan fingerprint density at radius 3 is 2.71 bits per heavy atom. The summed E-state index contributed by atoms with van der Waals surface area (Å²) in [6.07, 6.45) is 0.346. The Balaban J connectivity index is 1.55. The molecule has 2 aliphatic rings. The third kappa shape index (κ3) is 3.47.